The summed E-state index contributed by atoms with van der Waals surface area (Å²) in [6, 6.07) is 14.1. The molecule has 1 N–H and O–H groups in total. The summed E-state index contributed by atoms with van der Waals surface area (Å²) in [5, 5.41) is 12.1. The maximum Gasteiger partial charge on any atom is 0.236 e. The van der Waals surface area contributed by atoms with Gasteiger partial charge in [0.05, 0.1) is 17.5 Å². The molecular weight excluding hydrogens is 320 g/mol. The van der Waals surface area contributed by atoms with Gasteiger partial charge in [0.2, 0.25) is 5.89 Å². The number of rotatable bonds is 7. The molecule has 1 atom stereocenters. The lowest BCUT2D eigenvalue weighted by molar-refractivity contribution is 0.175. The Morgan fingerprint density at radius 3 is 2.67 bits per heavy atom. The molecule has 0 saturated carbocycles. The highest BCUT2D eigenvalue weighted by Gasteiger charge is 2.17. The van der Waals surface area contributed by atoms with Crippen molar-refractivity contribution >= 4 is 17.0 Å². The summed E-state index contributed by atoms with van der Waals surface area (Å²) in [4.78, 5) is 7.85. The SMILES string of the molecule is CCC(O)CN(Cc1nc(-c2cccs2)oc1C)c1ccccc1. The van der Waals surface area contributed by atoms with Gasteiger partial charge < -0.3 is 14.4 Å². The second-order valence-electron chi connectivity index (χ2n) is 5.78. The Bertz CT molecular complexity index is 753. The predicted molar refractivity (Wildman–Crippen MR) is 98.3 cm³/mol. The monoisotopic (exact) mass is 342 g/mol. The highest BCUT2D eigenvalue weighted by atomic mass is 32.1. The van der Waals surface area contributed by atoms with Crippen molar-refractivity contribution in [2.24, 2.45) is 0 Å². The fourth-order valence-electron chi connectivity index (χ4n) is 2.54. The Morgan fingerprint density at radius 2 is 2.00 bits per heavy atom. The Balaban J connectivity index is 1.85. The van der Waals surface area contributed by atoms with Crippen LogP contribution in [0.5, 0.6) is 0 Å². The van der Waals surface area contributed by atoms with Crippen LogP contribution in [-0.4, -0.2) is 22.7 Å². The van der Waals surface area contributed by atoms with Crippen LogP contribution in [0.25, 0.3) is 10.8 Å². The molecule has 4 nitrogen and oxygen atoms in total. The molecule has 24 heavy (non-hydrogen) atoms. The van der Waals surface area contributed by atoms with Gasteiger partial charge in [-0.15, -0.1) is 11.3 Å². The number of aliphatic hydroxyl groups is 1. The number of oxazole rings is 1. The molecule has 2 aromatic heterocycles. The summed E-state index contributed by atoms with van der Waals surface area (Å²) >= 11 is 1.62. The van der Waals surface area contributed by atoms with Crippen LogP contribution in [0.1, 0.15) is 24.8 Å². The third kappa shape index (κ3) is 3.86. The third-order valence-corrected chi connectivity index (χ3v) is 4.85. The van der Waals surface area contributed by atoms with Crippen molar-refractivity contribution in [1.82, 2.24) is 4.98 Å². The number of benzene rings is 1. The molecule has 1 unspecified atom stereocenters. The van der Waals surface area contributed by atoms with E-state index in [-0.39, 0.29) is 6.10 Å². The van der Waals surface area contributed by atoms with Crippen LogP contribution in [0, 0.1) is 6.92 Å². The fourth-order valence-corrected chi connectivity index (χ4v) is 3.19. The van der Waals surface area contributed by atoms with E-state index in [0.717, 1.165) is 28.4 Å². The predicted octanol–water partition coefficient (Wildman–Crippen LogP) is 4.49. The lowest BCUT2D eigenvalue weighted by atomic mass is 10.2. The first-order valence-corrected chi connectivity index (χ1v) is 9.03. The van der Waals surface area contributed by atoms with Gasteiger partial charge in [-0.3, -0.25) is 0 Å². The Morgan fingerprint density at radius 1 is 1.21 bits per heavy atom. The van der Waals surface area contributed by atoms with Crippen LogP contribution in [0.4, 0.5) is 5.69 Å². The molecule has 0 bridgehead atoms. The van der Waals surface area contributed by atoms with Gasteiger partial charge in [-0.25, -0.2) is 4.98 Å². The lowest BCUT2D eigenvalue weighted by Gasteiger charge is -2.26. The number of aryl methyl sites for hydroxylation is 1. The van der Waals surface area contributed by atoms with Crippen molar-refractivity contribution in [1.29, 1.82) is 0 Å². The average molecular weight is 342 g/mol. The molecule has 0 fully saturated rings. The van der Waals surface area contributed by atoms with Gasteiger partial charge in [0.25, 0.3) is 0 Å². The van der Waals surface area contributed by atoms with Crippen molar-refractivity contribution in [3.05, 3.63) is 59.3 Å². The number of hydrogen-bond donors (Lipinski definition) is 1. The molecule has 0 aliphatic rings. The summed E-state index contributed by atoms with van der Waals surface area (Å²) in [6.07, 6.45) is 0.357. The summed E-state index contributed by atoms with van der Waals surface area (Å²) in [5.74, 6) is 1.49. The largest absolute Gasteiger partial charge is 0.440 e. The van der Waals surface area contributed by atoms with E-state index in [0.29, 0.717) is 19.0 Å². The number of anilines is 1. The van der Waals surface area contributed by atoms with E-state index >= 15 is 0 Å². The van der Waals surface area contributed by atoms with Gasteiger partial charge in [-0.2, -0.15) is 0 Å². The Kier molecular flexibility index (Phi) is 5.33. The topological polar surface area (TPSA) is 49.5 Å². The van der Waals surface area contributed by atoms with Gasteiger partial charge in [-0.1, -0.05) is 31.2 Å². The van der Waals surface area contributed by atoms with Crippen molar-refractivity contribution in [2.45, 2.75) is 32.9 Å². The first-order chi connectivity index (χ1) is 11.7. The molecule has 5 heteroatoms. The maximum absolute atomic E-state index is 10.1. The summed E-state index contributed by atoms with van der Waals surface area (Å²) in [7, 11) is 0. The van der Waals surface area contributed by atoms with Crippen LogP contribution in [-0.2, 0) is 6.54 Å². The normalized spacial score (nSPS) is 12.3. The number of para-hydroxylation sites is 1. The van der Waals surface area contributed by atoms with Gasteiger partial charge in [0, 0.05) is 12.2 Å². The molecule has 3 aromatic rings. The van der Waals surface area contributed by atoms with E-state index in [1.165, 1.54) is 0 Å². The summed E-state index contributed by atoms with van der Waals surface area (Å²) < 4.78 is 5.84. The smallest absolute Gasteiger partial charge is 0.236 e. The molecule has 3 rings (SSSR count). The van der Waals surface area contributed by atoms with Crippen molar-refractivity contribution < 1.29 is 9.52 Å². The fraction of sp³-hybridized carbons (Fsp3) is 0.316. The second-order valence-corrected chi connectivity index (χ2v) is 6.73. The summed E-state index contributed by atoms with van der Waals surface area (Å²) in [5.41, 5.74) is 1.98. The zero-order valence-electron chi connectivity index (χ0n) is 14.0. The second kappa shape index (κ2) is 7.64. The average Bonchev–Trinajstić information content (AvgIpc) is 3.25. The van der Waals surface area contributed by atoms with Gasteiger partial charge >= 0.3 is 0 Å². The van der Waals surface area contributed by atoms with Crippen molar-refractivity contribution in [2.75, 3.05) is 11.4 Å². The number of thiophene rings is 1. The van der Waals surface area contributed by atoms with Crippen molar-refractivity contribution in [3.63, 3.8) is 0 Å². The molecule has 0 aliphatic carbocycles. The molecule has 0 radical (unpaired) electrons. The van der Waals surface area contributed by atoms with Gasteiger partial charge in [-0.05, 0) is 36.9 Å². The molecule has 0 aliphatic heterocycles. The third-order valence-electron chi connectivity index (χ3n) is 3.99. The highest BCUT2D eigenvalue weighted by molar-refractivity contribution is 7.13. The molecule has 2 heterocycles. The first kappa shape index (κ1) is 16.7. The van der Waals surface area contributed by atoms with Crippen molar-refractivity contribution in [3.8, 4) is 10.8 Å². The molecule has 0 spiro atoms. The quantitative estimate of drug-likeness (QED) is 0.687. The number of nitrogens with zero attached hydrogens (tertiary/aromatic N) is 2. The molecule has 0 saturated heterocycles. The lowest BCUT2D eigenvalue weighted by Crippen LogP contribution is -2.32. The minimum Gasteiger partial charge on any atom is -0.440 e. The number of aliphatic hydroxyl groups excluding tert-OH is 1. The first-order valence-electron chi connectivity index (χ1n) is 8.15. The molecule has 1 aromatic carbocycles. The molecule has 126 valence electrons. The van der Waals surface area contributed by atoms with E-state index < -0.39 is 0 Å². The summed E-state index contributed by atoms with van der Waals surface area (Å²) in [6.45, 7) is 5.12. The van der Waals surface area contributed by atoms with Crippen LogP contribution in [0.2, 0.25) is 0 Å². The standard InChI is InChI=1S/C19H22N2O2S/c1-3-16(22)12-21(15-8-5-4-6-9-15)13-17-14(2)23-19(20-17)18-10-7-11-24-18/h4-11,16,22H,3,12-13H2,1-2H3. The van der Waals surface area contributed by atoms with Gasteiger partial charge in [0.15, 0.2) is 0 Å². The van der Waals surface area contributed by atoms with Crippen LogP contribution >= 0.6 is 11.3 Å². The van der Waals surface area contributed by atoms with E-state index in [1.54, 1.807) is 11.3 Å². The Labute approximate surface area is 146 Å². The van der Waals surface area contributed by atoms with Crippen LogP contribution in [0.3, 0.4) is 0 Å². The zero-order chi connectivity index (χ0) is 16.9. The molecule has 0 amide bonds. The maximum atomic E-state index is 10.1. The van der Waals surface area contributed by atoms with Gasteiger partial charge in [0.1, 0.15) is 11.5 Å². The van der Waals surface area contributed by atoms with E-state index in [4.69, 9.17) is 4.42 Å². The van der Waals surface area contributed by atoms with E-state index in [9.17, 15) is 5.11 Å². The molecular formula is C19H22N2O2S. The van der Waals surface area contributed by atoms with E-state index in [2.05, 4.69) is 22.0 Å². The Hall–Kier alpha value is -2.11. The van der Waals surface area contributed by atoms with E-state index in [1.807, 2.05) is 49.6 Å². The highest BCUT2D eigenvalue weighted by Crippen LogP contribution is 2.27. The van der Waals surface area contributed by atoms with Crippen LogP contribution in [0.15, 0.2) is 52.3 Å². The minimum atomic E-state index is -0.367. The van der Waals surface area contributed by atoms with Crippen LogP contribution < -0.4 is 4.90 Å². The number of hydrogen-bond acceptors (Lipinski definition) is 5. The number of aromatic nitrogens is 1. The zero-order valence-corrected chi connectivity index (χ0v) is 14.8. The minimum absolute atomic E-state index is 0.367.